The first-order chi connectivity index (χ1) is 15.5. The zero-order valence-corrected chi connectivity index (χ0v) is 19.1. The number of hydrogen-bond acceptors (Lipinski definition) is 7. The highest BCUT2D eigenvalue weighted by molar-refractivity contribution is 5.89. The van der Waals surface area contributed by atoms with Crippen molar-refractivity contribution in [2.45, 2.75) is 39.7 Å². The van der Waals surface area contributed by atoms with E-state index in [1.54, 1.807) is 6.92 Å². The second-order valence-electron chi connectivity index (χ2n) is 8.65. The SMILES string of the molecule is CCOC(=O)[C@@H]1CCCN(Cc2nc(N3CCCN(C(C)=O)CC3)c3ccccc3n2)C1. The second-order valence-corrected chi connectivity index (χ2v) is 8.65. The van der Waals surface area contributed by atoms with Gasteiger partial charge in [0.15, 0.2) is 0 Å². The lowest BCUT2D eigenvalue weighted by Crippen LogP contribution is -2.39. The molecule has 0 unspecified atom stereocenters. The number of anilines is 1. The van der Waals surface area contributed by atoms with Crippen molar-refractivity contribution in [3.63, 3.8) is 0 Å². The first-order valence-corrected chi connectivity index (χ1v) is 11.7. The van der Waals surface area contributed by atoms with E-state index in [-0.39, 0.29) is 17.8 Å². The van der Waals surface area contributed by atoms with Crippen LogP contribution in [-0.2, 0) is 20.9 Å². The maximum Gasteiger partial charge on any atom is 0.310 e. The topological polar surface area (TPSA) is 78.9 Å². The Morgan fingerprint density at radius 1 is 1.06 bits per heavy atom. The van der Waals surface area contributed by atoms with Crippen molar-refractivity contribution in [3.8, 4) is 0 Å². The zero-order valence-electron chi connectivity index (χ0n) is 19.1. The molecule has 3 heterocycles. The summed E-state index contributed by atoms with van der Waals surface area (Å²) in [6, 6.07) is 8.12. The van der Waals surface area contributed by atoms with Gasteiger partial charge in [0.1, 0.15) is 11.6 Å². The summed E-state index contributed by atoms with van der Waals surface area (Å²) in [5.74, 6) is 1.66. The van der Waals surface area contributed by atoms with Gasteiger partial charge in [-0.3, -0.25) is 14.5 Å². The zero-order chi connectivity index (χ0) is 22.5. The molecule has 8 heteroatoms. The van der Waals surface area contributed by atoms with Crippen LogP contribution >= 0.6 is 0 Å². The normalized spacial score (nSPS) is 20.2. The van der Waals surface area contributed by atoms with Crippen molar-refractivity contribution in [1.82, 2.24) is 19.8 Å². The molecule has 2 saturated heterocycles. The fourth-order valence-electron chi connectivity index (χ4n) is 4.71. The molecule has 1 aromatic heterocycles. The molecule has 2 fully saturated rings. The van der Waals surface area contributed by atoms with E-state index in [9.17, 15) is 9.59 Å². The van der Waals surface area contributed by atoms with Crippen LogP contribution in [0.2, 0.25) is 0 Å². The average molecular weight is 440 g/mol. The van der Waals surface area contributed by atoms with E-state index in [0.717, 1.165) is 68.0 Å². The summed E-state index contributed by atoms with van der Waals surface area (Å²) >= 11 is 0. The van der Waals surface area contributed by atoms with Gasteiger partial charge in [0.05, 0.1) is 24.6 Å². The van der Waals surface area contributed by atoms with Crippen molar-refractivity contribution in [1.29, 1.82) is 0 Å². The third-order valence-corrected chi connectivity index (χ3v) is 6.36. The van der Waals surface area contributed by atoms with Gasteiger partial charge in [0.25, 0.3) is 0 Å². The maximum atomic E-state index is 12.2. The highest BCUT2D eigenvalue weighted by Crippen LogP contribution is 2.26. The number of hydrogen-bond donors (Lipinski definition) is 0. The minimum atomic E-state index is -0.100. The fourth-order valence-corrected chi connectivity index (χ4v) is 4.71. The highest BCUT2D eigenvalue weighted by atomic mass is 16.5. The molecule has 0 spiro atoms. The minimum absolute atomic E-state index is 0.0770. The number of rotatable bonds is 5. The number of amides is 1. The van der Waals surface area contributed by atoms with E-state index in [2.05, 4.69) is 15.9 Å². The molecule has 1 atom stereocenters. The van der Waals surface area contributed by atoms with Gasteiger partial charge in [0, 0.05) is 45.0 Å². The third kappa shape index (κ3) is 5.18. The van der Waals surface area contributed by atoms with Gasteiger partial charge >= 0.3 is 5.97 Å². The summed E-state index contributed by atoms with van der Waals surface area (Å²) < 4.78 is 5.24. The number of ether oxygens (including phenoxy) is 1. The number of aromatic nitrogens is 2. The van der Waals surface area contributed by atoms with E-state index in [1.807, 2.05) is 30.0 Å². The molecule has 2 aromatic rings. The Labute approximate surface area is 189 Å². The fraction of sp³-hybridized carbons (Fsp3) is 0.583. The van der Waals surface area contributed by atoms with E-state index in [4.69, 9.17) is 14.7 Å². The van der Waals surface area contributed by atoms with Crippen molar-refractivity contribution < 1.29 is 14.3 Å². The molecule has 2 aliphatic heterocycles. The van der Waals surface area contributed by atoms with Crippen LogP contribution < -0.4 is 4.90 Å². The van der Waals surface area contributed by atoms with E-state index >= 15 is 0 Å². The summed E-state index contributed by atoms with van der Waals surface area (Å²) in [5, 5.41) is 1.04. The minimum Gasteiger partial charge on any atom is -0.466 e. The van der Waals surface area contributed by atoms with Crippen molar-refractivity contribution in [2.75, 3.05) is 50.8 Å². The lowest BCUT2D eigenvalue weighted by molar-refractivity contribution is -0.150. The van der Waals surface area contributed by atoms with Crippen LogP contribution in [0.15, 0.2) is 24.3 Å². The molecule has 0 aliphatic carbocycles. The lowest BCUT2D eigenvalue weighted by atomic mass is 9.98. The molecule has 0 N–H and O–H groups in total. The number of fused-ring (bicyclic) bond motifs is 1. The van der Waals surface area contributed by atoms with Gasteiger partial charge in [-0.1, -0.05) is 12.1 Å². The number of carbonyl (C=O) groups excluding carboxylic acids is 2. The van der Waals surface area contributed by atoms with Crippen LogP contribution in [-0.4, -0.2) is 77.5 Å². The van der Waals surface area contributed by atoms with Crippen molar-refractivity contribution in [2.24, 2.45) is 5.92 Å². The molecular weight excluding hydrogens is 406 g/mol. The van der Waals surface area contributed by atoms with Gasteiger partial charge in [-0.2, -0.15) is 0 Å². The standard InChI is InChI=1S/C24H33N5O3/c1-3-32-24(31)19-8-6-11-27(16-19)17-22-25-21-10-5-4-9-20(21)23(26-22)29-13-7-12-28(14-15-29)18(2)30/h4-5,9-10,19H,3,6-8,11-17H2,1-2H3/t19-/m1/s1. The number of nitrogens with zero attached hydrogens (tertiary/aromatic N) is 5. The first kappa shape index (κ1) is 22.5. The van der Waals surface area contributed by atoms with E-state index < -0.39 is 0 Å². The quantitative estimate of drug-likeness (QED) is 0.662. The summed E-state index contributed by atoms with van der Waals surface area (Å²) in [7, 11) is 0. The molecule has 0 bridgehead atoms. The number of esters is 1. The molecule has 1 amide bonds. The molecule has 0 radical (unpaired) electrons. The lowest BCUT2D eigenvalue weighted by Gasteiger charge is -2.31. The molecule has 4 rings (SSSR count). The Balaban J connectivity index is 1.56. The maximum absolute atomic E-state index is 12.2. The second kappa shape index (κ2) is 10.3. The van der Waals surface area contributed by atoms with Gasteiger partial charge < -0.3 is 14.5 Å². The Morgan fingerprint density at radius 3 is 2.72 bits per heavy atom. The predicted molar refractivity (Wildman–Crippen MR) is 123 cm³/mol. The Hall–Kier alpha value is -2.74. The summed E-state index contributed by atoms with van der Waals surface area (Å²) in [6.07, 6.45) is 2.76. The van der Waals surface area contributed by atoms with Crippen LogP contribution in [0.25, 0.3) is 10.9 Å². The largest absolute Gasteiger partial charge is 0.466 e. The molecular formula is C24H33N5O3. The highest BCUT2D eigenvalue weighted by Gasteiger charge is 2.28. The van der Waals surface area contributed by atoms with Gasteiger partial charge in [-0.25, -0.2) is 9.97 Å². The molecule has 172 valence electrons. The van der Waals surface area contributed by atoms with Gasteiger partial charge in [-0.05, 0) is 44.9 Å². The molecule has 0 saturated carbocycles. The number of para-hydroxylation sites is 1. The molecule has 1 aromatic carbocycles. The summed E-state index contributed by atoms with van der Waals surface area (Å²) in [4.78, 5) is 40.4. The number of benzene rings is 1. The molecule has 2 aliphatic rings. The first-order valence-electron chi connectivity index (χ1n) is 11.7. The molecule has 32 heavy (non-hydrogen) atoms. The van der Waals surface area contributed by atoms with Crippen LogP contribution in [0, 0.1) is 5.92 Å². The van der Waals surface area contributed by atoms with E-state index in [0.29, 0.717) is 26.2 Å². The van der Waals surface area contributed by atoms with Crippen LogP contribution in [0.1, 0.15) is 38.9 Å². The van der Waals surface area contributed by atoms with Crippen LogP contribution in [0.5, 0.6) is 0 Å². The monoisotopic (exact) mass is 439 g/mol. The predicted octanol–water partition coefficient (Wildman–Crippen LogP) is 2.46. The van der Waals surface area contributed by atoms with Gasteiger partial charge in [-0.15, -0.1) is 0 Å². The van der Waals surface area contributed by atoms with E-state index in [1.165, 1.54) is 0 Å². The Morgan fingerprint density at radius 2 is 1.91 bits per heavy atom. The van der Waals surface area contributed by atoms with Crippen LogP contribution in [0.4, 0.5) is 5.82 Å². The third-order valence-electron chi connectivity index (χ3n) is 6.36. The molecule has 8 nitrogen and oxygen atoms in total. The Kier molecular flexibility index (Phi) is 7.19. The van der Waals surface area contributed by atoms with Crippen molar-refractivity contribution in [3.05, 3.63) is 30.1 Å². The number of piperidine rings is 1. The van der Waals surface area contributed by atoms with Crippen LogP contribution in [0.3, 0.4) is 0 Å². The summed E-state index contributed by atoms with van der Waals surface area (Å²) in [6.45, 7) is 9.23. The summed E-state index contributed by atoms with van der Waals surface area (Å²) in [5.41, 5.74) is 0.930. The van der Waals surface area contributed by atoms with Gasteiger partial charge in [0.2, 0.25) is 5.91 Å². The number of carbonyl (C=O) groups is 2. The van der Waals surface area contributed by atoms with Crippen molar-refractivity contribution >= 4 is 28.6 Å². The average Bonchev–Trinajstić information content (AvgIpc) is 3.05. The number of likely N-dealkylation sites (tertiary alicyclic amines) is 1. The smallest absolute Gasteiger partial charge is 0.310 e. The Bertz CT molecular complexity index is 966.